The summed E-state index contributed by atoms with van der Waals surface area (Å²) in [5.74, 6) is 1.56. The van der Waals surface area contributed by atoms with Crippen LogP contribution in [0, 0.1) is 0 Å². The molecule has 0 aliphatic heterocycles. The Bertz CT molecular complexity index is 1100. The minimum atomic E-state index is -0.138. The van der Waals surface area contributed by atoms with Gasteiger partial charge in [-0.15, -0.1) is 0 Å². The third-order valence-electron chi connectivity index (χ3n) is 4.97. The Morgan fingerprint density at radius 1 is 1.06 bits per heavy atom. The Kier molecular flexibility index (Phi) is 8.47. The number of aromatic amines is 1. The molecule has 2 N–H and O–H groups in total. The summed E-state index contributed by atoms with van der Waals surface area (Å²) in [7, 11) is 3.28. The van der Waals surface area contributed by atoms with Gasteiger partial charge in [0.05, 0.1) is 26.9 Å². The molecule has 3 rings (SSSR count). The zero-order chi connectivity index (χ0) is 22.9. The molecule has 0 atom stereocenters. The molecule has 7 nitrogen and oxygen atoms in total. The van der Waals surface area contributed by atoms with Gasteiger partial charge in [0.1, 0.15) is 11.5 Å². The largest absolute Gasteiger partial charge is 0.497 e. The highest BCUT2D eigenvalue weighted by molar-refractivity contribution is 7.80. The van der Waals surface area contributed by atoms with Crippen LogP contribution >= 0.6 is 12.2 Å². The molecule has 0 amide bonds. The minimum Gasteiger partial charge on any atom is -0.497 e. The third kappa shape index (κ3) is 6.21. The maximum Gasteiger partial charge on any atom is 0.253 e. The summed E-state index contributed by atoms with van der Waals surface area (Å²) < 4.78 is 16.0. The number of H-pyrrole nitrogens is 1. The minimum absolute atomic E-state index is 0.138. The number of nitrogens with one attached hydrogen (secondary N) is 2. The zero-order valence-corrected chi connectivity index (χ0v) is 19.5. The number of benzene rings is 2. The summed E-state index contributed by atoms with van der Waals surface area (Å²) in [4.78, 5) is 17.7. The van der Waals surface area contributed by atoms with E-state index in [4.69, 9.17) is 26.4 Å². The van der Waals surface area contributed by atoms with E-state index in [1.54, 1.807) is 14.2 Å². The van der Waals surface area contributed by atoms with Gasteiger partial charge in [-0.1, -0.05) is 12.1 Å². The van der Waals surface area contributed by atoms with E-state index < -0.39 is 0 Å². The monoisotopic (exact) mass is 455 g/mol. The van der Waals surface area contributed by atoms with Crippen LogP contribution in [-0.4, -0.2) is 49.0 Å². The molecule has 0 aliphatic rings. The molecular formula is C24H29N3O4S. The molecule has 1 aromatic heterocycles. The SMILES string of the molecule is CCOc1ccc2[nH]c(=O)c(CN(Cc3ccc(OC)cc3)C(=S)NCCOC)cc2c1. The van der Waals surface area contributed by atoms with E-state index in [1.807, 2.05) is 60.4 Å². The molecule has 0 aliphatic carbocycles. The van der Waals surface area contributed by atoms with Gasteiger partial charge in [-0.3, -0.25) is 4.79 Å². The van der Waals surface area contributed by atoms with Crippen LogP contribution in [0.5, 0.6) is 11.5 Å². The van der Waals surface area contributed by atoms with Crippen LogP contribution in [0.25, 0.3) is 10.9 Å². The summed E-state index contributed by atoms with van der Waals surface area (Å²) in [6.07, 6.45) is 0. The Labute approximate surface area is 193 Å². The number of hydrogen-bond acceptors (Lipinski definition) is 5. The molecule has 0 saturated heterocycles. The number of rotatable bonds is 10. The van der Waals surface area contributed by atoms with Crippen LogP contribution in [0.3, 0.4) is 0 Å². The summed E-state index contributed by atoms with van der Waals surface area (Å²) in [6, 6.07) is 15.3. The predicted molar refractivity (Wildman–Crippen MR) is 130 cm³/mol. The second-order valence-electron chi connectivity index (χ2n) is 7.23. The van der Waals surface area contributed by atoms with Crippen molar-refractivity contribution >= 4 is 28.2 Å². The van der Waals surface area contributed by atoms with E-state index >= 15 is 0 Å². The van der Waals surface area contributed by atoms with Gasteiger partial charge in [-0.05, 0) is 61.1 Å². The highest BCUT2D eigenvalue weighted by Gasteiger charge is 2.14. The fourth-order valence-corrected chi connectivity index (χ4v) is 3.56. The van der Waals surface area contributed by atoms with Crippen molar-refractivity contribution in [2.24, 2.45) is 0 Å². The van der Waals surface area contributed by atoms with Crippen LogP contribution in [-0.2, 0) is 17.8 Å². The van der Waals surface area contributed by atoms with E-state index in [9.17, 15) is 4.79 Å². The predicted octanol–water partition coefficient (Wildman–Crippen LogP) is 3.46. The van der Waals surface area contributed by atoms with E-state index in [0.717, 1.165) is 28.0 Å². The number of thiocarbonyl (C=S) groups is 1. The molecule has 1 heterocycles. The van der Waals surface area contributed by atoms with Gasteiger partial charge < -0.3 is 29.4 Å². The van der Waals surface area contributed by atoms with E-state index in [2.05, 4.69) is 10.3 Å². The number of nitrogens with zero attached hydrogens (tertiary/aromatic N) is 1. The molecule has 0 radical (unpaired) electrons. The number of fused-ring (bicyclic) bond motifs is 1. The van der Waals surface area contributed by atoms with Gasteiger partial charge in [-0.2, -0.15) is 0 Å². The molecule has 2 aromatic carbocycles. The lowest BCUT2D eigenvalue weighted by molar-refractivity contribution is 0.202. The van der Waals surface area contributed by atoms with Crippen LogP contribution < -0.4 is 20.3 Å². The molecule has 32 heavy (non-hydrogen) atoms. The number of ether oxygens (including phenoxy) is 3. The summed E-state index contributed by atoms with van der Waals surface area (Å²) >= 11 is 5.63. The Morgan fingerprint density at radius 2 is 1.81 bits per heavy atom. The average molecular weight is 456 g/mol. The van der Waals surface area contributed by atoms with Crippen molar-refractivity contribution in [3.05, 3.63) is 70.0 Å². The van der Waals surface area contributed by atoms with Gasteiger partial charge in [0.15, 0.2) is 5.11 Å². The Hall–Kier alpha value is -3.10. The van der Waals surface area contributed by atoms with Crippen molar-refractivity contribution in [2.75, 3.05) is 34.0 Å². The van der Waals surface area contributed by atoms with Gasteiger partial charge in [-0.25, -0.2) is 0 Å². The lowest BCUT2D eigenvalue weighted by atomic mass is 10.1. The highest BCUT2D eigenvalue weighted by atomic mass is 32.1. The van der Waals surface area contributed by atoms with E-state index in [0.29, 0.717) is 43.5 Å². The Balaban J connectivity index is 1.87. The second kappa shape index (κ2) is 11.5. The second-order valence-corrected chi connectivity index (χ2v) is 7.62. The van der Waals surface area contributed by atoms with Gasteiger partial charge in [0.25, 0.3) is 5.56 Å². The van der Waals surface area contributed by atoms with E-state index in [1.165, 1.54) is 0 Å². The average Bonchev–Trinajstić information content (AvgIpc) is 2.80. The van der Waals surface area contributed by atoms with E-state index in [-0.39, 0.29) is 5.56 Å². The molecular weight excluding hydrogens is 426 g/mol. The maximum atomic E-state index is 12.8. The smallest absolute Gasteiger partial charge is 0.253 e. The standard InChI is InChI=1S/C24H29N3O4S/c1-4-31-21-9-10-22-18(14-21)13-19(23(28)26-22)16-27(24(32)25-11-12-29-2)15-17-5-7-20(30-3)8-6-17/h5-10,13-14H,4,11-12,15-16H2,1-3H3,(H,25,32)(H,26,28). The molecule has 8 heteroatoms. The lowest BCUT2D eigenvalue weighted by Gasteiger charge is -2.26. The van der Waals surface area contributed by atoms with Crippen LogP contribution in [0.4, 0.5) is 0 Å². The van der Waals surface area contributed by atoms with Gasteiger partial charge in [0, 0.05) is 36.7 Å². The Morgan fingerprint density at radius 3 is 2.50 bits per heavy atom. The number of pyridine rings is 1. The fraction of sp³-hybridized carbons (Fsp3) is 0.333. The summed E-state index contributed by atoms with van der Waals surface area (Å²) in [5, 5.41) is 4.67. The summed E-state index contributed by atoms with van der Waals surface area (Å²) in [5.41, 5.74) is 2.30. The quantitative estimate of drug-likeness (QED) is 0.358. The first-order valence-corrected chi connectivity index (χ1v) is 10.9. The van der Waals surface area contributed by atoms with Crippen molar-refractivity contribution < 1.29 is 14.2 Å². The van der Waals surface area contributed by atoms with Crippen molar-refractivity contribution in [1.82, 2.24) is 15.2 Å². The van der Waals surface area contributed by atoms with Crippen LogP contribution in [0.1, 0.15) is 18.1 Å². The number of methoxy groups -OCH3 is 2. The normalized spacial score (nSPS) is 10.7. The van der Waals surface area contributed by atoms with Crippen LogP contribution in [0.2, 0.25) is 0 Å². The molecule has 0 saturated carbocycles. The van der Waals surface area contributed by atoms with Gasteiger partial charge in [0.2, 0.25) is 0 Å². The van der Waals surface area contributed by atoms with Crippen molar-refractivity contribution in [3.8, 4) is 11.5 Å². The number of aromatic nitrogens is 1. The fourth-order valence-electron chi connectivity index (χ4n) is 3.33. The van der Waals surface area contributed by atoms with Gasteiger partial charge >= 0.3 is 0 Å². The molecule has 0 unspecified atom stereocenters. The highest BCUT2D eigenvalue weighted by Crippen LogP contribution is 2.20. The topological polar surface area (TPSA) is 75.8 Å². The first-order valence-electron chi connectivity index (χ1n) is 10.5. The van der Waals surface area contributed by atoms with Crippen molar-refractivity contribution in [1.29, 1.82) is 0 Å². The third-order valence-corrected chi connectivity index (χ3v) is 5.37. The van der Waals surface area contributed by atoms with Crippen molar-refractivity contribution in [2.45, 2.75) is 20.0 Å². The molecule has 3 aromatic rings. The van der Waals surface area contributed by atoms with Crippen molar-refractivity contribution in [3.63, 3.8) is 0 Å². The maximum absolute atomic E-state index is 12.8. The zero-order valence-electron chi connectivity index (χ0n) is 18.6. The first kappa shape index (κ1) is 23.6. The molecule has 170 valence electrons. The number of hydrogen-bond donors (Lipinski definition) is 2. The molecule has 0 fully saturated rings. The van der Waals surface area contributed by atoms with Crippen LogP contribution in [0.15, 0.2) is 53.3 Å². The lowest BCUT2D eigenvalue weighted by Crippen LogP contribution is -2.41. The molecule has 0 spiro atoms. The summed E-state index contributed by atoms with van der Waals surface area (Å²) in [6.45, 7) is 4.54. The molecule has 0 bridgehead atoms. The first-order chi connectivity index (χ1) is 15.5.